The summed E-state index contributed by atoms with van der Waals surface area (Å²) in [6.07, 6.45) is 0. The van der Waals surface area contributed by atoms with Gasteiger partial charge in [0.05, 0.1) is 17.7 Å². The van der Waals surface area contributed by atoms with Crippen molar-refractivity contribution >= 4 is 35.1 Å². The molecule has 2 N–H and O–H groups in total. The van der Waals surface area contributed by atoms with Crippen molar-refractivity contribution in [2.45, 2.75) is 0 Å². The molecule has 0 aliphatic carbocycles. The Morgan fingerprint density at radius 2 is 1.52 bits per heavy atom. The number of amides is 2. The third-order valence-corrected chi connectivity index (χ3v) is 5.52. The lowest BCUT2D eigenvalue weighted by Gasteiger charge is -2.36. The highest BCUT2D eigenvalue weighted by Crippen LogP contribution is 2.22. The number of hydrogen-bond acceptors (Lipinski definition) is 4. The molecule has 0 spiro atoms. The van der Waals surface area contributed by atoms with Crippen LogP contribution in [0.15, 0.2) is 53.5 Å². The fraction of sp³-hybridized carbons (Fsp3) is 0.286. The number of halogens is 1. The monoisotopic (exact) mass is 411 g/mol. The number of anilines is 1. The van der Waals surface area contributed by atoms with E-state index in [1.54, 1.807) is 24.3 Å². The number of nitrogens with zero attached hydrogens (tertiary/aromatic N) is 4. The molecule has 150 valence electrons. The van der Waals surface area contributed by atoms with Gasteiger partial charge >= 0.3 is 0 Å². The van der Waals surface area contributed by atoms with Crippen LogP contribution >= 0.6 is 11.6 Å². The second-order valence-electron chi connectivity index (χ2n) is 7.00. The molecule has 7 nitrogen and oxygen atoms in total. The molecule has 2 aliphatic rings. The quantitative estimate of drug-likeness (QED) is 0.473. The minimum absolute atomic E-state index is 0.220. The van der Waals surface area contributed by atoms with Crippen LogP contribution in [-0.4, -0.2) is 66.8 Å². The summed E-state index contributed by atoms with van der Waals surface area (Å²) in [5.41, 5.74) is 8.18. The summed E-state index contributed by atoms with van der Waals surface area (Å²) in [6.45, 7) is 3.68. The summed E-state index contributed by atoms with van der Waals surface area (Å²) in [4.78, 5) is 34.7. The van der Waals surface area contributed by atoms with Crippen molar-refractivity contribution in [2.75, 3.05) is 44.2 Å². The SMILES string of the molecule is NC(=NCCN1C(=O)c2ccccc2C1=O)N1CCN(c2ccc(Cl)cc2)CC1. The lowest BCUT2D eigenvalue weighted by Crippen LogP contribution is -2.51. The number of carbonyl (C=O) groups is 2. The van der Waals surface area contributed by atoms with E-state index < -0.39 is 0 Å². The fourth-order valence-corrected chi connectivity index (χ4v) is 3.78. The third-order valence-electron chi connectivity index (χ3n) is 5.27. The first kappa shape index (κ1) is 19.3. The van der Waals surface area contributed by atoms with Crippen molar-refractivity contribution in [3.05, 3.63) is 64.7 Å². The van der Waals surface area contributed by atoms with Crippen LogP contribution in [0.1, 0.15) is 20.7 Å². The Morgan fingerprint density at radius 1 is 0.931 bits per heavy atom. The molecule has 0 bridgehead atoms. The first-order chi connectivity index (χ1) is 14.0. The largest absolute Gasteiger partial charge is 0.370 e. The Morgan fingerprint density at radius 3 is 2.10 bits per heavy atom. The van der Waals surface area contributed by atoms with E-state index in [4.69, 9.17) is 17.3 Å². The van der Waals surface area contributed by atoms with Gasteiger partial charge in [0.15, 0.2) is 5.96 Å². The zero-order valence-electron chi connectivity index (χ0n) is 15.9. The van der Waals surface area contributed by atoms with Crippen molar-refractivity contribution in [1.82, 2.24) is 9.80 Å². The van der Waals surface area contributed by atoms with Gasteiger partial charge in [-0.2, -0.15) is 0 Å². The average Bonchev–Trinajstić information content (AvgIpc) is 2.99. The topological polar surface area (TPSA) is 82.2 Å². The van der Waals surface area contributed by atoms with Crippen LogP contribution in [0.3, 0.4) is 0 Å². The maximum absolute atomic E-state index is 12.4. The fourth-order valence-electron chi connectivity index (χ4n) is 3.65. The molecule has 1 saturated heterocycles. The molecule has 0 aromatic heterocycles. The van der Waals surface area contributed by atoms with Crippen LogP contribution in [0.4, 0.5) is 5.69 Å². The van der Waals surface area contributed by atoms with E-state index >= 15 is 0 Å². The van der Waals surface area contributed by atoms with E-state index in [1.165, 1.54) is 4.90 Å². The number of rotatable bonds is 4. The maximum atomic E-state index is 12.4. The molecule has 2 aliphatic heterocycles. The molecule has 1 fully saturated rings. The van der Waals surface area contributed by atoms with Gasteiger partial charge in [0.2, 0.25) is 0 Å². The van der Waals surface area contributed by atoms with Crippen molar-refractivity contribution < 1.29 is 9.59 Å². The Hall–Kier alpha value is -3.06. The summed E-state index contributed by atoms with van der Waals surface area (Å²) in [7, 11) is 0. The van der Waals surface area contributed by atoms with Gasteiger partial charge in [-0.15, -0.1) is 0 Å². The molecule has 0 radical (unpaired) electrons. The molecule has 2 heterocycles. The smallest absolute Gasteiger partial charge is 0.261 e. The number of aliphatic imine (C=N–C) groups is 1. The first-order valence-corrected chi connectivity index (χ1v) is 9.93. The summed E-state index contributed by atoms with van der Waals surface area (Å²) in [5, 5.41) is 0.724. The zero-order chi connectivity index (χ0) is 20.4. The molecule has 2 amide bonds. The van der Waals surface area contributed by atoms with Crippen LogP contribution in [0.25, 0.3) is 0 Å². The molecule has 0 unspecified atom stereocenters. The predicted molar refractivity (Wildman–Crippen MR) is 114 cm³/mol. The van der Waals surface area contributed by atoms with E-state index in [0.29, 0.717) is 17.1 Å². The van der Waals surface area contributed by atoms with E-state index in [0.717, 1.165) is 36.9 Å². The van der Waals surface area contributed by atoms with Crippen LogP contribution in [0.5, 0.6) is 0 Å². The molecule has 2 aromatic carbocycles. The molecular formula is C21H22ClN5O2. The van der Waals surface area contributed by atoms with Gasteiger partial charge in [0.25, 0.3) is 11.8 Å². The Labute approximate surface area is 174 Å². The highest BCUT2D eigenvalue weighted by Gasteiger charge is 2.34. The van der Waals surface area contributed by atoms with E-state index in [1.807, 2.05) is 29.2 Å². The Balaban J connectivity index is 1.30. The van der Waals surface area contributed by atoms with Gasteiger partial charge in [0.1, 0.15) is 0 Å². The predicted octanol–water partition coefficient (Wildman–Crippen LogP) is 2.07. The van der Waals surface area contributed by atoms with E-state index in [2.05, 4.69) is 9.89 Å². The van der Waals surface area contributed by atoms with E-state index in [-0.39, 0.29) is 24.9 Å². The lowest BCUT2D eigenvalue weighted by molar-refractivity contribution is 0.0659. The van der Waals surface area contributed by atoms with E-state index in [9.17, 15) is 9.59 Å². The summed E-state index contributed by atoms with van der Waals surface area (Å²) >= 11 is 5.95. The highest BCUT2D eigenvalue weighted by molar-refractivity contribution is 6.30. The van der Waals surface area contributed by atoms with Crippen molar-refractivity contribution in [2.24, 2.45) is 10.7 Å². The number of guanidine groups is 1. The Kier molecular flexibility index (Phi) is 5.40. The number of imide groups is 1. The molecular weight excluding hydrogens is 390 g/mol. The normalized spacial score (nSPS) is 17.1. The zero-order valence-corrected chi connectivity index (χ0v) is 16.7. The van der Waals surface area contributed by atoms with Crippen LogP contribution in [0, 0.1) is 0 Å². The highest BCUT2D eigenvalue weighted by atomic mass is 35.5. The van der Waals surface area contributed by atoms with Crippen LogP contribution < -0.4 is 10.6 Å². The van der Waals surface area contributed by atoms with Gasteiger partial charge in [-0.3, -0.25) is 19.5 Å². The van der Waals surface area contributed by atoms with Gasteiger partial charge in [-0.05, 0) is 36.4 Å². The number of fused-ring (bicyclic) bond motifs is 1. The average molecular weight is 412 g/mol. The third kappa shape index (κ3) is 3.91. The summed E-state index contributed by atoms with van der Waals surface area (Å²) in [5.74, 6) is -0.0933. The van der Waals surface area contributed by atoms with Crippen molar-refractivity contribution in [1.29, 1.82) is 0 Å². The molecule has 29 heavy (non-hydrogen) atoms. The summed E-state index contributed by atoms with van der Waals surface area (Å²) in [6, 6.07) is 14.7. The van der Waals surface area contributed by atoms with Gasteiger partial charge in [0, 0.05) is 43.4 Å². The number of nitrogens with two attached hydrogens (primary N) is 1. The van der Waals surface area contributed by atoms with Crippen molar-refractivity contribution in [3.8, 4) is 0 Å². The Bertz CT molecular complexity index is 917. The summed E-state index contributed by atoms with van der Waals surface area (Å²) < 4.78 is 0. The molecule has 0 saturated carbocycles. The first-order valence-electron chi connectivity index (χ1n) is 9.55. The minimum atomic E-state index is -0.268. The second kappa shape index (κ2) is 8.13. The van der Waals surface area contributed by atoms with Gasteiger partial charge in [-0.25, -0.2) is 0 Å². The van der Waals surface area contributed by atoms with Gasteiger partial charge < -0.3 is 15.5 Å². The lowest BCUT2D eigenvalue weighted by atomic mass is 10.1. The number of hydrogen-bond donors (Lipinski definition) is 1. The molecule has 0 atom stereocenters. The molecule has 2 aromatic rings. The number of carbonyl (C=O) groups excluding carboxylic acids is 2. The maximum Gasteiger partial charge on any atom is 0.261 e. The minimum Gasteiger partial charge on any atom is -0.370 e. The number of benzene rings is 2. The van der Waals surface area contributed by atoms with Gasteiger partial charge in [-0.1, -0.05) is 23.7 Å². The van der Waals surface area contributed by atoms with Crippen LogP contribution in [-0.2, 0) is 0 Å². The standard InChI is InChI=1S/C21H22ClN5O2/c22-15-5-7-16(8-6-15)25-11-13-26(14-12-25)21(23)24-9-10-27-19(28)17-3-1-2-4-18(17)20(27)29/h1-8H,9-14H2,(H2,23,24). The number of piperazine rings is 1. The molecule has 4 rings (SSSR count). The molecule has 8 heteroatoms. The second-order valence-corrected chi connectivity index (χ2v) is 7.43. The van der Waals surface area contributed by atoms with Crippen LogP contribution in [0.2, 0.25) is 5.02 Å². The van der Waals surface area contributed by atoms with Crippen molar-refractivity contribution in [3.63, 3.8) is 0 Å².